The topological polar surface area (TPSA) is 46.5 Å². The van der Waals surface area contributed by atoms with Gasteiger partial charge in [0.25, 0.3) is 0 Å². The fourth-order valence-corrected chi connectivity index (χ4v) is 7.26. The average molecular weight is 615 g/mol. The van der Waals surface area contributed by atoms with Crippen molar-refractivity contribution in [2.75, 3.05) is 7.11 Å². The third-order valence-electron chi connectivity index (χ3n) is 9.65. The molecule has 254 valence electrons. The second-order valence-electron chi connectivity index (χ2n) is 14.2. The van der Waals surface area contributed by atoms with Crippen LogP contribution in [0.5, 0.6) is 0 Å². The minimum atomic E-state index is -3.48. The maximum absolute atomic E-state index is 12.0. The van der Waals surface area contributed by atoms with Gasteiger partial charge in [-0.3, -0.25) is 4.57 Å². The summed E-state index contributed by atoms with van der Waals surface area (Å²) >= 11 is 0. The standard InChI is InChI=1S/C38H79O3P/c1-5-6-7-8-9-10-11-12-13-14-15-16-17-18-19-20-21-22-23-24-25-26-27-28-29-30-31-32-33-34-35-36-37-38(2,3)42(39,40)41-4/h5-37H2,1-4H3,(H,39,40). The Bertz CT molecular complexity index is 577. The van der Waals surface area contributed by atoms with E-state index in [1.54, 1.807) is 0 Å². The lowest BCUT2D eigenvalue weighted by Gasteiger charge is -2.28. The Morgan fingerprint density at radius 3 is 0.810 bits per heavy atom. The Kier molecular flexibility index (Phi) is 31.3. The number of unbranched alkanes of at least 4 members (excludes halogenated alkanes) is 31. The smallest absolute Gasteiger partial charge is 0.324 e. The van der Waals surface area contributed by atoms with E-state index in [2.05, 4.69) is 6.92 Å². The molecule has 1 atom stereocenters. The van der Waals surface area contributed by atoms with Crippen LogP contribution in [-0.2, 0) is 9.09 Å². The molecule has 0 aliphatic carbocycles. The Morgan fingerprint density at radius 2 is 0.619 bits per heavy atom. The summed E-state index contributed by atoms with van der Waals surface area (Å²) in [6, 6.07) is 0. The highest BCUT2D eigenvalue weighted by atomic mass is 31.2. The maximum Gasteiger partial charge on any atom is 0.333 e. The summed E-state index contributed by atoms with van der Waals surface area (Å²) in [7, 11) is -2.14. The van der Waals surface area contributed by atoms with Crippen LogP contribution in [0, 0.1) is 0 Å². The van der Waals surface area contributed by atoms with Gasteiger partial charge in [-0.1, -0.05) is 212 Å². The van der Waals surface area contributed by atoms with E-state index in [1.807, 2.05) is 13.8 Å². The molecule has 0 saturated carbocycles. The summed E-state index contributed by atoms with van der Waals surface area (Å²) in [4.78, 5) is 9.90. The van der Waals surface area contributed by atoms with Gasteiger partial charge >= 0.3 is 7.60 Å². The largest absolute Gasteiger partial charge is 0.333 e. The van der Waals surface area contributed by atoms with Crippen LogP contribution in [0.25, 0.3) is 0 Å². The zero-order chi connectivity index (χ0) is 31.0. The molecular weight excluding hydrogens is 535 g/mol. The first kappa shape index (κ1) is 42.1. The molecular formula is C38H79O3P. The van der Waals surface area contributed by atoms with E-state index < -0.39 is 12.8 Å². The lowest BCUT2D eigenvalue weighted by atomic mass is 10.0. The summed E-state index contributed by atoms with van der Waals surface area (Å²) in [5, 5.41) is -0.632. The van der Waals surface area contributed by atoms with Crippen molar-refractivity contribution in [2.45, 2.75) is 238 Å². The van der Waals surface area contributed by atoms with Gasteiger partial charge in [0, 0.05) is 7.11 Å². The Balaban J connectivity index is 3.16. The normalized spacial score (nSPS) is 13.5. The molecule has 0 aromatic carbocycles. The average Bonchev–Trinajstić information content (AvgIpc) is 2.97. The fraction of sp³-hybridized carbons (Fsp3) is 1.00. The molecule has 1 unspecified atom stereocenters. The quantitative estimate of drug-likeness (QED) is 0.0570. The predicted octanol–water partition coefficient (Wildman–Crippen LogP) is 14.5. The van der Waals surface area contributed by atoms with Crippen molar-refractivity contribution >= 4 is 7.60 Å². The van der Waals surface area contributed by atoms with Gasteiger partial charge in [0.2, 0.25) is 0 Å². The summed E-state index contributed by atoms with van der Waals surface area (Å²) in [5.74, 6) is 0. The molecule has 0 aliphatic rings. The number of hydrogen-bond donors (Lipinski definition) is 1. The molecule has 0 fully saturated rings. The van der Waals surface area contributed by atoms with E-state index in [1.165, 1.54) is 200 Å². The molecule has 1 N–H and O–H groups in total. The number of rotatable bonds is 35. The molecule has 3 nitrogen and oxygen atoms in total. The molecule has 4 heteroatoms. The van der Waals surface area contributed by atoms with Gasteiger partial charge in [-0.05, 0) is 20.3 Å². The van der Waals surface area contributed by atoms with Crippen LogP contribution < -0.4 is 0 Å². The third-order valence-corrected chi connectivity index (χ3v) is 11.9. The molecule has 0 heterocycles. The third kappa shape index (κ3) is 27.7. The first-order chi connectivity index (χ1) is 20.4. The molecule has 0 rings (SSSR count). The Labute approximate surface area is 266 Å². The second kappa shape index (κ2) is 31.1. The van der Waals surface area contributed by atoms with Crippen molar-refractivity contribution in [3.63, 3.8) is 0 Å². The van der Waals surface area contributed by atoms with E-state index in [0.717, 1.165) is 19.3 Å². The van der Waals surface area contributed by atoms with Gasteiger partial charge in [-0.25, -0.2) is 0 Å². The van der Waals surface area contributed by atoms with Gasteiger partial charge in [0.1, 0.15) is 0 Å². The van der Waals surface area contributed by atoms with Gasteiger partial charge < -0.3 is 9.42 Å². The van der Waals surface area contributed by atoms with E-state index in [0.29, 0.717) is 0 Å². The van der Waals surface area contributed by atoms with Crippen LogP contribution in [0.2, 0.25) is 0 Å². The highest BCUT2D eigenvalue weighted by molar-refractivity contribution is 7.54. The minimum Gasteiger partial charge on any atom is -0.324 e. The molecule has 0 aliphatic heterocycles. The molecule has 0 aromatic heterocycles. The van der Waals surface area contributed by atoms with E-state index in [9.17, 15) is 9.46 Å². The van der Waals surface area contributed by atoms with Crippen molar-refractivity contribution in [1.82, 2.24) is 0 Å². The van der Waals surface area contributed by atoms with Crippen molar-refractivity contribution in [1.29, 1.82) is 0 Å². The van der Waals surface area contributed by atoms with Gasteiger partial charge in [-0.2, -0.15) is 0 Å². The summed E-state index contributed by atoms with van der Waals surface area (Å²) < 4.78 is 16.9. The molecule has 0 radical (unpaired) electrons. The SMILES string of the molecule is CCCCCCCCCCCCCCCCCCCCCCCCCCCCCCCCCCC(C)(C)P(=O)(O)OC. The van der Waals surface area contributed by atoms with Crippen LogP contribution in [0.3, 0.4) is 0 Å². The highest BCUT2D eigenvalue weighted by Crippen LogP contribution is 2.56. The van der Waals surface area contributed by atoms with Crippen LogP contribution in [-0.4, -0.2) is 17.2 Å². The molecule has 0 spiro atoms. The summed E-state index contributed by atoms with van der Waals surface area (Å²) in [6.45, 7) is 6.00. The first-order valence-electron chi connectivity index (χ1n) is 19.3. The molecule has 0 saturated heterocycles. The second-order valence-corrected chi connectivity index (χ2v) is 16.8. The lowest BCUT2D eigenvalue weighted by Crippen LogP contribution is -2.20. The van der Waals surface area contributed by atoms with Crippen molar-refractivity contribution < 1.29 is 14.0 Å². The van der Waals surface area contributed by atoms with Gasteiger partial charge in [-0.15, -0.1) is 0 Å². The first-order valence-corrected chi connectivity index (χ1v) is 20.8. The highest BCUT2D eigenvalue weighted by Gasteiger charge is 2.38. The van der Waals surface area contributed by atoms with E-state index in [4.69, 9.17) is 4.52 Å². The summed E-state index contributed by atoms with van der Waals surface area (Å²) in [5.41, 5.74) is 0. The predicted molar refractivity (Wildman–Crippen MR) is 189 cm³/mol. The van der Waals surface area contributed by atoms with Gasteiger partial charge in [0.15, 0.2) is 0 Å². The molecule has 0 bridgehead atoms. The Morgan fingerprint density at radius 1 is 0.429 bits per heavy atom. The maximum atomic E-state index is 12.0. The minimum absolute atomic E-state index is 0.632. The van der Waals surface area contributed by atoms with E-state index in [-0.39, 0.29) is 0 Å². The molecule has 42 heavy (non-hydrogen) atoms. The fourth-order valence-electron chi connectivity index (χ4n) is 6.32. The molecule has 0 aromatic rings. The molecule has 0 amide bonds. The van der Waals surface area contributed by atoms with Crippen LogP contribution in [0.15, 0.2) is 0 Å². The van der Waals surface area contributed by atoms with Crippen molar-refractivity contribution in [3.05, 3.63) is 0 Å². The lowest BCUT2D eigenvalue weighted by molar-refractivity contribution is 0.281. The van der Waals surface area contributed by atoms with Crippen LogP contribution in [0.4, 0.5) is 0 Å². The van der Waals surface area contributed by atoms with Crippen LogP contribution >= 0.6 is 7.60 Å². The van der Waals surface area contributed by atoms with Crippen molar-refractivity contribution in [2.24, 2.45) is 0 Å². The van der Waals surface area contributed by atoms with Gasteiger partial charge in [0.05, 0.1) is 5.16 Å². The Hall–Kier alpha value is 0.150. The van der Waals surface area contributed by atoms with E-state index >= 15 is 0 Å². The van der Waals surface area contributed by atoms with Crippen LogP contribution in [0.1, 0.15) is 233 Å². The zero-order valence-electron chi connectivity index (χ0n) is 29.5. The summed E-state index contributed by atoms with van der Waals surface area (Å²) in [6.07, 6.45) is 46.1. The van der Waals surface area contributed by atoms with Crippen molar-refractivity contribution in [3.8, 4) is 0 Å². The monoisotopic (exact) mass is 615 g/mol. The zero-order valence-corrected chi connectivity index (χ0v) is 30.4. The number of hydrogen-bond acceptors (Lipinski definition) is 2.